The first-order chi connectivity index (χ1) is 22.5. The summed E-state index contributed by atoms with van der Waals surface area (Å²) in [5, 5.41) is 12.6. The second kappa shape index (κ2) is 12.3. The van der Waals surface area contributed by atoms with E-state index in [0.29, 0.717) is 11.4 Å². The number of hydrogen-bond acceptors (Lipinski definition) is 2. The molecular weight excluding hydrogens is 558 g/mol. The molecular formula is C43H35N3. The maximum absolute atomic E-state index is 9.03. The summed E-state index contributed by atoms with van der Waals surface area (Å²) in [4.78, 5) is 4.92. The number of rotatable bonds is 8. The molecule has 0 unspecified atom stereocenters. The van der Waals surface area contributed by atoms with E-state index in [1.54, 1.807) is 6.34 Å². The summed E-state index contributed by atoms with van der Waals surface area (Å²) in [6, 6.07) is 52.3. The average molecular weight is 594 g/mol. The zero-order valence-corrected chi connectivity index (χ0v) is 26.0. The Hall–Kier alpha value is -5.80. The van der Waals surface area contributed by atoms with Crippen LogP contribution in [0.5, 0.6) is 0 Å². The van der Waals surface area contributed by atoms with Gasteiger partial charge < -0.3 is 10.7 Å². The molecule has 1 aliphatic rings. The third-order valence-electron chi connectivity index (χ3n) is 8.86. The highest BCUT2D eigenvalue weighted by atomic mass is 14.9. The quantitative estimate of drug-likeness (QED) is 0.134. The molecule has 0 amide bonds. The zero-order valence-electron chi connectivity index (χ0n) is 26.0. The van der Waals surface area contributed by atoms with Gasteiger partial charge in [-0.3, -0.25) is 0 Å². The molecule has 0 spiro atoms. The van der Waals surface area contributed by atoms with Gasteiger partial charge in [-0.2, -0.15) is 0 Å². The second-order valence-electron chi connectivity index (χ2n) is 12.1. The lowest BCUT2D eigenvalue weighted by Crippen LogP contribution is -2.15. The van der Waals surface area contributed by atoms with Gasteiger partial charge in [-0.25, -0.2) is 4.99 Å². The molecule has 7 rings (SSSR count). The first-order valence-electron chi connectivity index (χ1n) is 15.6. The van der Waals surface area contributed by atoms with Crippen molar-refractivity contribution in [2.45, 2.75) is 19.3 Å². The number of benzene rings is 6. The lowest BCUT2D eigenvalue weighted by molar-refractivity contribution is 0.660. The predicted octanol–water partition coefficient (Wildman–Crippen LogP) is 10.9. The predicted molar refractivity (Wildman–Crippen MR) is 195 cm³/mol. The van der Waals surface area contributed by atoms with Crippen LogP contribution < -0.4 is 5.32 Å². The molecule has 0 radical (unpaired) electrons. The fraction of sp³-hybridized carbons (Fsp3) is 0.0698. The topological polar surface area (TPSA) is 48.2 Å². The van der Waals surface area contributed by atoms with Gasteiger partial charge in [0.1, 0.15) is 0 Å². The van der Waals surface area contributed by atoms with Crippen LogP contribution in [0.1, 0.15) is 36.1 Å². The van der Waals surface area contributed by atoms with Crippen molar-refractivity contribution >= 4 is 23.4 Å². The van der Waals surface area contributed by atoms with Crippen LogP contribution in [0.4, 0.5) is 5.69 Å². The van der Waals surface area contributed by atoms with Crippen molar-refractivity contribution in [3.63, 3.8) is 0 Å². The smallest absolute Gasteiger partial charge is 0.0930 e. The van der Waals surface area contributed by atoms with E-state index in [2.05, 4.69) is 104 Å². The SMILES string of the molecule is CC1(C)c2ccccc2-c2cc(NC=N/C(=C\C(=N)c3cccc(-c4ccccc4)c3)c3ccccc3)c(-c3ccccc3)cc21. The fourth-order valence-electron chi connectivity index (χ4n) is 6.42. The van der Waals surface area contributed by atoms with Crippen LogP contribution in [-0.4, -0.2) is 12.1 Å². The number of fused-ring (bicyclic) bond motifs is 3. The summed E-state index contributed by atoms with van der Waals surface area (Å²) in [6.07, 6.45) is 3.60. The van der Waals surface area contributed by atoms with E-state index in [1.807, 2.05) is 72.8 Å². The summed E-state index contributed by atoms with van der Waals surface area (Å²) in [5.41, 5.74) is 13.4. The molecule has 0 aromatic heterocycles. The minimum absolute atomic E-state index is 0.0938. The Balaban J connectivity index is 1.26. The van der Waals surface area contributed by atoms with Gasteiger partial charge >= 0.3 is 0 Å². The molecule has 0 saturated carbocycles. The van der Waals surface area contributed by atoms with Gasteiger partial charge in [0.25, 0.3) is 0 Å². The molecule has 6 aromatic rings. The van der Waals surface area contributed by atoms with Crippen LogP contribution in [0, 0.1) is 5.41 Å². The standard InChI is InChI=1S/C43H35N3/c1-43(2)38-24-13-12-23-35(38)37-27-42(36(26-39(37)43)31-17-8-4-9-18-31)46-29-45-41(32-19-10-5-11-20-32)28-40(44)34-22-14-21-33(25-34)30-15-6-3-7-16-30/h3-29,44H,1-2H3,(H,45,46)/b41-28-,44-40?. The number of anilines is 1. The van der Waals surface area contributed by atoms with Gasteiger partial charge in [0.05, 0.1) is 17.7 Å². The number of allylic oxidation sites excluding steroid dienone is 1. The fourth-order valence-corrected chi connectivity index (χ4v) is 6.42. The molecule has 0 atom stereocenters. The number of nitrogens with one attached hydrogen (secondary N) is 2. The highest BCUT2D eigenvalue weighted by molar-refractivity contribution is 6.11. The van der Waals surface area contributed by atoms with Crippen molar-refractivity contribution in [1.82, 2.24) is 0 Å². The third-order valence-corrected chi connectivity index (χ3v) is 8.86. The molecule has 222 valence electrons. The zero-order chi connectivity index (χ0) is 31.5. The molecule has 3 nitrogen and oxygen atoms in total. The molecule has 0 saturated heterocycles. The van der Waals surface area contributed by atoms with Crippen molar-refractivity contribution in [3.05, 3.63) is 180 Å². The van der Waals surface area contributed by atoms with E-state index in [0.717, 1.165) is 39.1 Å². The number of nitrogens with zero attached hydrogens (tertiary/aromatic N) is 1. The lowest BCUT2D eigenvalue weighted by atomic mass is 9.81. The Kier molecular flexibility index (Phi) is 7.74. The summed E-state index contributed by atoms with van der Waals surface area (Å²) < 4.78 is 0. The van der Waals surface area contributed by atoms with Crippen LogP contribution in [0.15, 0.2) is 163 Å². The number of aliphatic imine (C=N–C) groups is 1. The minimum atomic E-state index is -0.0938. The average Bonchev–Trinajstić information content (AvgIpc) is 3.34. The highest BCUT2D eigenvalue weighted by Crippen LogP contribution is 2.51. The molecule has 6 aromatic carbocycles. The van der Waals surface area contributed by atoms with E-state index in [9.17, 15) is 0 Å². The molecule has 0 heterocycles. The summed E-state index contributed by atoms with van der Waals surface area (Å²) >= 11 is 0. The molecule has 2 N–H and O–H groups in total. The van der Waals surface area contributed by atoms with Crippen LogP contribution in [0.3, 0.4) is 0 Å². The van der Waals surface area contributed by atoms with Crippen molar-refractivity contribution in [2.24, 2.45) is 4.99 Å². The van der Waals surface area contributed by atoms with Crippen molar-refractivity contribution in [1.29, 1.82) is 5.41 Å². The summed E-state index contributed by atoms with van der Waals surface area (Å²) in [5.74, 6) is 0. The minimum Gasteiger partial charge on any atom is -0.346 e. The van der Waals surface area contributed by atoms with E-state index in [1.165, 1.54) is 22.3 Å². The number of hydrogen-bond donors (Lipinski definition) is 2. The van der Waals surface area contributed by atoms with E-state index < -0.39 is 0 Å². The Morgan fingerprint density at radius 2 is 1.17 bits per heavy atom. The van der Waals surface area contributed by atoms with Crippen LogP contribution in [0.25, 0.3) is 39.1 Å². The van der Waals surface area contributed by atoms with E-state index in [-0.39, 0.29) is 5.41 Å². The molecule has 3 heteroatoms. The normalized spacial score (nSPS) is 13.3. The molecule has 0 fully saturated rings. The van der Waals surface area contributed by atoms with Crippen LogP contribution >= 0.6 is 0 Å². The third kappa shape index (κ3) is 5.60. The van der Waals surface area contributed by atoms with Crippen molar-refractivity contribution in [3.8, 4) is 33.4 Å². The van der Waals surface area contributed by atoms with E-state index in [4.69, 9.17) is 10.4 Å². The summed E-state index contributed by atoms with van der Waals surface area (Å²) in [7, 11) is 0. The first-order valence-corrected chi connectivity index (χ1v) is 15.6. The van der Waals surface area contributed by atoms with Crippen LogP contribution in [-0.2, 0) is 5.41 Å². The van der Waals surface area contributed by atoms with Gasteiger partial charge in [-0.15, -0.1) is 0 Å². The monoisotopic (exact) mass is 593 g/mol. The summed E-state index contributed by atoms with van der Waals surface area (Å²) in [6.45, 7) is 4.62. The van der Waals surface area contributed by atoms with Gasteiger partial charge in [-0.05, 0) is 63.2 Å². The Morgan fingerprint density at radius 1 is 0.565 bits per heavy atom. The Morgan fingerprint density at radius 3 is 1.91 bits per heavy atom. The maximum atomic E-state index is 9.03. The van der Waals surface area contributed by atoms with Gasteiger partial charge in [0.15, 0.2) is 0 Å². The molecule has 1 aliphatic carbocycles. The largest absolute Gasteiger partial charge is 0.346 e. The lowest BCUT2D eigenvalue weighted by Gasteiger charge is -2.23. The van der Waals surface area contributed by atoms with Gasteiger partial charge in [0, 0.05) is 27.8 Å². The Labute approximate surface area is 271 Å². The maximum Gasteiger partial charge on any atom is 0.0930 e. The van der Waals surface area contributed by atoms with Gasteiger partial charge in [-0.1, -0.05) is 147 Å². The van der Waals surface area contributed by atoms with Crippen molar-refractivity contribution < 1.29 is 0 Å². The Bertz CT molecular complexity index is 2090. The molecule has 0 bridgehead atoms. The van der Waals surface area contributed by atoms with E-state index >= 15 is 0 Å². The van der Waals surface area contributed by atoms with Crippen molar-refractivity contribution in [2.75, 3.05) is 5.32 Å². The second-order valence-corrected chi connectivity index (χ2v) is 12.1. The van der Waals surface area contributed by atoms with Gasteiger partial charge in [0.2, 0.25) is 0 Å². The molecule has 0 aliphatic heterocycles. The first kappa shape index (κ1) is 28.9. The van der Waals surface area contributed by atoms with Crippen LogP contribution in [0.2, 0.25) is 0 Å². The molecule has 46 heavy (non-hydrogen) atoms. The highest BCUT2D eigenvalue weighted by Gasteiger charge is 2.36.